The van der Waals surface area contributed by atoms with Gasteiger partial charge in [-0.3, -0.25) is 4.79 Å². The molecule has 0 aliphatic carbocycles. The molecule has 0 N–H and O–H groups in total. The van der Waals surface area contributed by atoms with E-state index in [4.69, 9.17) is 4.74 Å². The van der Waals surface area contributed by atoms with Gasteiger partial charge < -0.3 is 4.74 Å². The predicted octanol–water partition coefficient (Wildman–Crippen LogP) is 4.08. The summed E-state index contributed by atoms with van der Waals surface area (Å²) in [5.41, 5.74) is 1.55. The van der Waals surface area contributed by atoms with Crippen LogP contribution in [0, 0.1) is 0 Å². The van der Waals surface area contributed by atoms with Gasteiger partial charge in [0.25, 0.3) is 0 Å². The summed E-state index contributed by atoms with van der Waals surface area (Å²) in [6, 6.07) is 9.51. The van der Waals surface area contributed by atoms with Gasteiger partial charge in [-0.15, -0.1) is 0 Å². The van der Waals surface area contributed by atoms with Crippen molar-refractivity contribution in [2.45, 2.75) is 6.10 Å². The molecule has 0 bridgehead atoms. The van der Waals surface area contributed by atoms with Crippen LogP contribution >= 0.6 is 27.3 Å². The number of ether oxygens (including phenoxy) is 1. The summed E-state index contributed by atoms with van der Waals surface area (Å²) in [6.45, 7) is 0. The van der Waals surface area contributed by atoms with Crippen molar-refractivity contribution in [1.82, 2.24) is 0 Å². The van der Waals surface area contributed by atoms with Gasteiger partial charge in [0.05, 0.1) is 0 Å². The van der Waals surface area contributed by atoms with Crippen molar-refractivity contribution in [3.63, 3.8) is 0 Å². The van der Waals surface area contributed by atoms with E-state index in [0.717, 1.165) is 10.0 Å². The van der Waals surface area contributed by atoms with Crippen LogP contribution in [0.3, 0.4) is 0 Å². The number of ketones is 1. The maximum atomic E-state index is 12.3. The highest BCUT2D eigenvalue weighted by Crippen LogP contribution is 2.28. The Morgan fingerprint density at radius 2 is 2.00 bits per heavy atom. The molecule has 0 spiro atoms. The van der Waals surface area contributed by atoms with Crippen LogP contribution in [-0.4, -0.2) is 12.9 Å². The van der Waals surface area contributed by atoms with Gasteiger partial charge in [0, 0.05) is 27.9 Å². The summed E-state index contributed by atoms with van der Waals surface area (Å²) in [5.74, 6) is -0.0215. The number of halogens is 1. The molecule has 0 saturated heterocycles. The molecule has 1 heterocycles. The van der Waals surface area contributed by atoms with E-state index in [1.54, 1.807) is 7.11 Å². The van der Waals surface area contributed by atoms with Gasteiger partial charge in [0.2, 0.25) is 0 Å². The quantitative estimate of drug-likeness (QED) is 0.795. The fraction of sp³-hybridized carbons (Fsp3) is 0.154. The minimum atomic E-state index is -0.540. The number of rotatable bonds is 4. The summed E-state index contributed by atoms with van der Waals surface area (Å²) in [4.78, 5) is 12.3. The molecule has 1 atom stereocenters. The van der Waals surface area contributed by atoms with E-state index in [0.29, 0.717) is 5.56 Å². The third kappa shape index (κ3) is 2.65. The lowest BCUT2D eigenvalue weighted by Crippen LogP contribution is -2.14. The zero-order valence-electron chi connectivity index (χ0n) is 9.22. The van der Waals surface area contributed by atoms with Crippen LogP contribution in [0.1, 0.15) is 22.0 Å². The highest BCUT2D eigenvalue weighted by atomic mass is 79.9. The highest BCUT2D eigenvalue weighted by Gasteiger charge is 2.23. The fourth-order valence-electron chi connectivity index (χ4n) is 1.62. The number of hydrogen-bond donors (Lipinski definition) is 0. The minimum absolute atomic E-state index is 0.0215. The molecule has 17 heavy (non-hydrogen) atoms. The molecule has 1 aromatic carbocycles. The van der Waals surface area contributed by atoms with Crippen molar-refractivity contribution in [3.8, 4) is 0 Å². The Bertz CT molecular complexity index is 507. The number of benzene rings is 1. The van der Waals surface area contributed by atoms with Crippen LogP contribution in [0.4, 0.5) is 0 Å². The Morgan fingerprint density at radius 1 is 1.29 bits per heavy atom. The summed E-state index contributed by atoms with van der Waals surface area (Å²) >= 11 is 4.87. The molecular formula is C13H11BrO2S. The predicted molar refractivity (Wildman–Crippen MR) is 72.5 cm³/mol. The second kappa shape index (κ2) is 5.58. The first-order chi connectivity index (χ1) is 8.24. The van der Waals surface area contributed by atoms with Crippen LogP contribution in [0.25, 0.3) is 0 Å². The van der Waals surface area contributed by atoms with Gasteiger partial charge in [-0.1, -0.05) is 30.3 Å². The normalized spacial score (nSPS) is 12.4. The zero-order valence-corrected chi connectivity index (χ0v) is 11.6. The molecule has 4 heteroatoms. The maximum absolute atomic E-state index is 12.3. The number of thiophene rings is 1. The average molecular weight is 311 g/mol. The second-order valence-corrected chi connectivity index (χ2v) is 5.12. The van der Waals surface area contributed by atoms with E-state index in [2.05, 4.69) is 15.9 Å². The van der Waals surface area contributed by atoms with E-state index in [1.165, 1.54) is 11.3 Å². The van der Waals surface area contributed by atoms with E-state index in [-0.39, 0.29) is 5.78 Å². The summed E-state index contributed by atoms with van der Waals surface area (Å²) in [7, 11) is 1.55. The van der Waals surface area contributed by atoms with Crippen molar-refractivity contribution in [2.24, 2.45) is 0 Å². The SMILES string of the molecule is COC(C(=O)c1cscc1Br)c1ccccc1. The lowest BCUT2D eigenvalue weighted by atomic mass is 10.0. The zero-order chi connectivity index (χ0) is 12.3. The van der Waals surface area contributed by atoms with Gasteiger partial charge in [0.1, 0.15) is 6.10 Å². The third-order valence-electron chi connectivity index (χ3n) is 2.46. The molecule has 0 amide bonds. The van der Waals surface area contributed by atoms with Gasteiger partial charge in [-0.05, 0) is 21.5 Å². The van der Waals surface area contributed by atoms with E-state index in [1.807, 2.05) is 41.1 Å². The van der Waals surface area contributed by atoms with Crippen molar-refractivity contribution >= 4 is 33.0 Å². The molecular weight excluding hydrogens is 300 g/mol. The maximum Gasteiger partial charge on any atom is 0.198 e. The van der Waals surface area contributed by atoms with Crippen LogP contribution in [0.5, 0.6) is 0 Å². The number of carbonyl (C=O) groups excluding carboxylic acids is 1. The Labute approximate surface area is 112 Å². The molecule has 1 aromatic heterocycles. The highest BCUT2D eigenvalue weighted by molar-refractivity contribution is 9.10. The first-order valence-corrected chi connectivity index (χ1v) is 6.81. The van der Waals surface area contributed by atoms with Crippen molar-refractivity contribution in [1.29, 1.82) is 0 Å². The first kappa shape index (κ1) is 12.5. The largest absolute Gasteiger partial charge is 0.369 e. The Hall–Kier alpha value is -0.970. The van der Waals surface area contributed by atoms with Crippen LogP contribution in [-0.2, 0) is 4.74 Å². The number of Topliss-reactive ketones (excluding diaryl/α,β-unsaturated/α-hetero) is 1. The van der Waals surface area contributed by atoms with Gasteiger partial charge in [-0.25, -0.2) is 0 Å². The topological polar surface area (TPSA) is 26.3 Å². The Kier molecular flexibility index (Phi) is 4.10. The summed E-state index contributed by atoms with van der Waals surface area (Å²) in [6.07, 6.45) is -0.540. The van der Waals surface area contributed by atoms with E-state index in [9.17, 15) is 4.79 Å². The number of carbonyl (C=O) groups is 1. The average Bonchev–Trinajstić information content (AvgIpc) is 2.77. The lowest BCUT2D eigenvalue weighted by Gasteiger charge is -2.14. The Morgan fingerprint density at radius 3 is 2.53 bits per heavy atom. The smallest absolute Gasteiger partial charge is 0.198 e. The van der Waals surface area contributed by atoms with E-state index < -0.39 is 6.10 Å². The van der Waals surface area contributed by atoms with Gasteiger partial charge in [-0.2, -0.15) is 11.3 Å². The van der Waals surface area contributed by atoms with Gasteiger partial charge in [0.15, 0.2) is 5.78 Å². The molecule has 0 aliphatic heterocycles. The van der Waals surface area contributed by atoms with Crippen molar-refractivity contribution in [2.75, 3.05) is 7.11 Å². The van der Waals surface area contributed by atoms with Crippen molar-refractivity contribution < 1.29 is 9.53 Å². The molecule has 0 fully saturated rings. The molecule has 1 unspecified atom stereocenters. The summed E-state index contributed by atoms with van der Waals surface area (Å²) in [5, 5.41) is 3.73. The Balaban J connectivity index is 2.32. The van der Waals surface area contributed by atoms with Crippen molar-refractivity contribution in [3.05, 3.63) is 56.7 Å². The number of hydrogen-bond acceptors (Lipinski definition) is 3. The molecule has 88 valence electrons. The minimum Gasteiger partial charge on any atom is -0.369 e. The van der Waals surface area contributed by atoms with E-state index >= 15 is 0 Å². The molecule has 0 radical (unpaired) electrons. The monoisotopic (exact) mass is 310 g/mol. The van der Waals surface area contributed by atoms with Crippen LogP contribution < -0.4 is 0 Å². The fourth-order valence-corrected chi connectivity index (χ4v) is 3.10. The first-order valence-electron chi connectivity index (χ1n) is 5.07. The number of methoxy groups -OCH3 is 1. The lowest BCUT2D eigenvalue weighted by molar-refractivity contribution is 0.0604. The molecule has 2 nitrogen and oxygen atoms in total. The van der Waals surface area contributed by atoms with Crippen LogP contribution in [0.15, 0.2) is 45.6 Å². The molecule has 0 aliphatic rings. The standard InChI is InChI=1S/C13H11BrO2S/c1-16-13(9-5-3-2-4-6-9)12(15)10-7-17-8-11(10)14/h2-8,13H,1H3. The molecule has 0 saturated carbocycles. The van der Waals surface area contributed by atoms with Crippen LogP contribution in [0.2, 0.25) is 0 Å². The van der Waals surface area contributed by atoms with Gasteiger partial charge >= 0.3 is 0 Å². The second-order valence-electron chi connectivity index (χ2n) is 3.52. The summed E-state index contributed by atoms with van der Waals surface area (Å²) < 4.78 is 6.14. The molecule has 2 rings (SSSR count). The third-order valence-corrected chi connectivity index (χ3v) is 4.16. The molecule has 2 aromatic rings.